The average molecular weight is 269 g/mol. The first-order valence-corrected chi connectivity index (χ1v) is 6.46. The minimum atomic E-state index is -0.159. The maximum Gasteiger partial charge on any atom is 0.255 e. The van der Waals surface area contributed by atoms with E-state index in [1.54, 1.807) is 18.2 Å². The maximum absolute atomic E-state index is 12.2. The van der Waals surface area contributed by atoms with Gasteiger partial charge < -0.3 is 14.8 Å². The molecule has 4 heteroatoms. The fourth-order valence-electron chi connectivity index (χ4n) is 2.09. The van der Waals surface area contributed by atoms with E-state index in [0.717, 1.165) is 5.56 Å². The van der Waals surface area contributed by atoms with Crippen molar-refractivity contribution in [2.45, 2.75) is 13.5 Å². The van der Waals surface area contributed by atoms with Crippen LogP contribution in [0.25, 0.3) is 0 Å². The molecular weight excluding hydrogens is 254 g/mol. The number of hydrogen-bond acceptors (Lipinski definition) is 3. The van der Waals surface area contributed by atoms with E-state index in [1.807, 2.05) is 31.2 Å². The Labute approximate surface area is 117 Å². The Kier molecular flexibility index (Phi) is 3.29. The first-order valence-electron chi connectivity index (χ1n) is 6.46. The predicted octanol–water partition coefficient (Wildman–Crippen LogP) is 2.65. The molecular formula is C16H15NO3. The second-order valence-electron chi connectivity index (χ2n) is 4.71. The van der Waals surface area contributed by atoms with Crippen molar-refractivity contribution < 1.29 is 14.3 Å². The van der Waals surface area contributed by atoms with Gasteiger partial charge in [0.2, 0.25) is 6.79 Å². The van der Waals surface area contributed by atoms with Gasteiger partial charge in [-0.15, -0.1) is 0 Å². The summed E-state index contributed by atoms with van der Waals surface area (Å²) >= 11 is 0. The summed E-state index contributed by atoms with van der Waals surface area (Å²) in [4.78, 5) is 12.2. The summed E-state index contributed by atoms with van der Waals surface area (Å²) in [6.45, 7) is 2.69. The molecule has 0 radical (unpaired) electrons. The number of fused-ring (bicyclic) bond motifs is 1. The van der Waals surface area contributed by atoms with Gasteiger partial charge in [-0.05, 0) is 24.6 Å². The van der Waals surface area contributed by atoms with Crippen LogP contribution >= 0.6 is 0 Å². The van der Waals surface area contributed by atoms with Gasteiger partial charge in [-0.3, -0.25) is 4.79 Å². The lowest BCUT2D eigenvalue weighted by Gasteiger charge is -2.08. The number of ether oxygens (including phenoxy) is 2. The number of hydrogen-bond donors (Lipinski definition) is 1. The zero-order chi connectivity index (χ0) is 13.9. The van der Waals surface area contributed by atoms with Crippen LogP contribution in [0.2, 0.25) is 0 Å². The third-order valence-electron chi connectivity index (χ3n) is 3.21. The highest BCUT2D eigenvalue weighted by Crippen LogP contribution is 2.35. The fraction of sp³-hybridized carbons (Fsp3) is 0.188. The van der Waals surface area contributed by atoms with Crippen LogP contribution in [0, 0.1) is 6.92 Å². The number of benzene rings is 2. The van der Waals surface area contributed by atoms with Gasteiger partial charge in [0.25, 0.3) is 5.91 Å². The fourth-order valence-corrected chi connectivity index (χ4v) is 2.09. The minimum absolute atomic E-state index is 0.159. The Morgan fingerprint density at radius 2 is 1.95 bits per heavy atom. The van der Waals surface area contributed by atoms with Gasteiger partial charge >= 0.3 is 0 Å². The van der Waals surface area contributed by atoms with E-state index in [4.69, 9.17) is 9.47 Å². The summed E-state index contributed by atoms with van der Waals surface area (Å²) in [7, 11) is 0. The standard InChI is InChI=1S/C16H15NO3/c1-11-5-7-12(8-6-11)9-17-16(18)13-3-2-4-14-15(13)20-10-19-14/h2-8H,9-10H2,1H3,(H,17,18). The molecule has 0 saturated carbocycles. The highest BCUT2D eigenvalue weighted by molar-refractivity contribution is 5.97. The molecule has 1 aliphatic rings. The van der Waals surface area contributed by atoms with Gasteiger partial charge in [0.05, 0.1) is 5.56 Å². The largest absolute Gasteiger partial charge is 0.454 e. The summed E-state index contributed by atoms with van der Waals surface area (Å²) in [5.41, 5.74) is 2.77. The van der Waals surface area contributed by atoms with E-state index >= 15 is 0 Å². The molecule has 4 nitrogen and oxygen atoms in total. The van der Waals surface area contributed by atoms with Crippen molar-refractivity contribution in [3.8, 4) is 11.5 Å². The summed E-state index contributed by atoms with van der Waals surface area (Å²) in [5.74, 6) is 0.981. The Hall–Kier alpha value is -2.49. The predicted molar refractivity (Wildman–Crippen MR) is 74.9 cm³/mol. The van der Waals surface area contributed by atoms with E-state index in [1.165, 1.54) is 5.56 Å². The molecule has 0 atom stereocenters. The van der Waals surface area contributed by atoms with Crippen LogP contribution in [0.5, 0.6) is 11.5 Å². The van der Waals surface area contributed by atoms with Crippen LogP contribution < -0.4 is 14.8 Å². The number of amides is 1. The first-order chi connectivity index (χ1) is 9.74. The number of para-hydroxylation sites is 1. The van der Waals surface area contributed by atoms with E-state index in [2.05, 4.69) is 5.32 Å². The van der Waals surface area contributed by atoms with Gasteiger partial charge in [0, 0.05) is 6.54 Å². The van der Waals surface area contributed by atoms with Crippen LogP contribution in [-0.2, 0) is 6.54 Å². The molecule has 0 aliphatic carbocycles. The molecule has 0 unspecified atom stereocenters. The molecule has 1 N–H and O–H groups in total. The van der Waals surface area contributed by atoms with Gasteiger partial charge in [0.1, 0.15) is 0 Å². The highest BCUT2D eigenvalue weighted by Gasteiger charge is 2.21. The lowest BCUT2D eigenvalue weighted by molar-refractivity contribution is 0.0946. The SMILES string of the molecule is Cc1ccc(CNC(=O)c2cccc3c2OCO3)cc1. The molecule has 1 aliphatic heterocycles. The Morgan fingerprint density at radius 1 is 1.15 bits per heavy atom. The number of carbonyl (C=O) groups is 1. The van der Waals surface area contributed by atoms with Crippen molar-refractivity contribution in [1.29, 1.82) is 0 Å². The molecule has 3 rings (SSSR count). The zero-order valence-electron chi connectivity index (χ0n) is 11.2. The van der Waals surface area contributed by atoms with Crippen molar-refractivity contribution in [3.63, 3.8) is 0 Å². The van der Waals surface area contributed by atoms with Crippen LogP contribution in [0.1, 0.15) is 21.5 Å². The topological polar surface area (TPSA) is 47.6 Å². The molecule has 0 bridgehead atoms. The van der Waals surface area contributed by atoms with Gasteiger partial charge in [-0.25, -0.2) is 0 Å². The molecule has 1 heterocycles. The third kappa shape index (κ3) is 2.45. The second-order valence-corrected chi connectivity index (χ2v) is 4.71. The van der Waals surface area contributed by atoms with Crippen LogP contribution in [0.15, 0.2) is 42.5 Å². The molecule has 2 aromatic carbocycles. The van der Waals surface area contributed by atoms with Gasteiger partial charge in [-0.2, -0.15) is 0 Å². The molecule has 0 fully saturated rings. The highest BCUT2D eigenvalue weighted by atomic mass is 16.7. The monoisotopic (exact) mass is 269 g/mol. The van der Waals surface area contributed by atoms with Crippen LogP contribution in [-0.4, -0.2) is 12.7 Å². The third-order valence-corrected chi connectivity index (χ3v) is 3.21. The van der Waals surface area contributed by atoms with E-state index in [0.29, 0.717) is 23.6 Å². The summed E-state index contributed by atoms with van der Waals surface area (Å²) < 4.78 is 10.6. The summed E-state index contributed by atoms with van der Waals surface area (Å²) in [6.07, 6.45) is 0. The van der Waals surface area contributed by atoms with Crippen molar-refractivity contribution >= 4 is 5.91 Å². The molecule has 0 spiro atoms. The summed E-state index contributed by atoms with van der Waals surface area (Å²) in [5, 5.41) is 2.89. The van der Waals surface area contributed by atoms with Crippen LogP contribution in [0.4, 0.5) is 0 Å². The Morgan fingerprint density at radius 3 is 2.75 bits per heavy atom. The Bertz CT molecular complexity index is 635. The molecule has 0 saturated heterocycles. The van der Waals surface area contributed by atoms with Crippen molar-refractivity contribution in [2.75, 3.05) is 6.79 Å². The maximum atomic E-state index is 12.2. The Balaban J connectivity index is 1.71. The molecule has 102 valence electrons. The van der Waals surface area contributed by atoms with E-state index in [-0.39, 0.29) is 12.7 Å². The molecule has 2 aromatic rings. The first kappa shape index (κ1) is 12.5. The quantitative estimate of drug-likeness (QED) is 0.931. The number of rotatable bonds is 3. The smallest absolute Gasteiger partial charge is 0.255 e. The number of nitrogens with one attached hydrogen (secondary N) is 1. The van der Waals surface area contributed by atoms with Crippen molar-refractivity contribution in [1.82, 2.24) is 5.32 Å². The van der Waals surface area contributed by atoms with Gasteiger partial charge in [-0.1, -0.05) is 35.9 Å². The van der Waals surface area contributed by atoms with Crippen LogP contribution in [0.3, 0.4) is 0 Å². The summed E-state index contributed by atoms with van der Waals surface area (Å²) in [6, 6.07) is 13.4. The normalized spacial score (nSPS) is 12.2. The molecule has 1 amide bonds. The molecule has 20 heavy (non-hydrogen) atoms. The number of carbonyl (C=O) groups excluding carboxylic acids is 1. The van der Waals surface area contributed by atoms with Crippen molar-refractivity contribution in [2.24, 2.45) is 0 Å². The van der Waals surface area contributed by atoms with E-state index < -0.39 is 0 Å². The average Bonchev–Trinajstić information content (AvgIpc) is 2.94. The van der Waals surface area contributed by atoms with Crippen molar-refractivity contribution in [3.05, 3.63) is 59.2 Å². The lowest BCUT2D eigenvalue weighted by Crippen LogP contribution is -2.23. The van der Waals surface area contributed by atoms with Gasteiger partial charge in [0.15, 0.2) is 11.5 Å². The molecule has 0 aromatic heterocycles. The second kappa shape index (κ2) is 5.25. The number of aryl methyl sites for hydroxylation is 1. The lowest BCUT2D eigenvalue weighted by atomic mass is 10.1. The minimum Gasteiger partial charge on any atom is -0.454 e. The van der Waals surface area contributed by atoms with E-state index in [9.17, 15) is 4.79 Å². The zero-order valence-corrected chi connectivity index (χ0v) is 11.2.